The summed E-state index contributed by atoms with van der Waals surface area (Å²) < 4.78 is 27.5. The van der Waals surface area contributed by atoms with Gasteiger partial charge in [-0.05, 0) is 12.8 Å². The van der Waals surface area contributed by atoms with Crippen LogP contribution in [0.25, 0.3) is 0 Å². The van der Waals surface area contributed by atoms with Gasteiger partial charge in [-0.2, -0.15) is 0 Å². The summed E-state index contributed by atoms with van der Waals surface area (Å²) in [5.74, 6) is 0. The number of phosphoric ester groups is 1. The van der Waals surface area contributed by atoms with Gasteiger partial charge in [0.05, 0.1) is 26.4 Å². The first-order valence-electron chi connectivity index (χ1n) is 20.1. The van der Waals surface area contributed by atoms with Crippen LogP contribution >= 0.6 is 7.82 Å². The summed E-state index contributed by atoms with van der Waals surface area (Å²) in [4.78, 5) is 18.2. The second kappa shape index (κ2) is 41.3. The molecule has 9 nitrogen and oxygen atoms in total. The van der Waals surface area contributed by atoms with Crippen molar-refractivity contribution in [1.29, 1.82) is 0 Å². The molecule has 0 rings (SSSR count). The first-order valence-corrected chi connectivity index (χ1v) is 21.6. The number of rotatable bonds is 38. The number of aliphatic hydroxyl groups is 3. The van der Waals surface area contributed by atoms with Crippen LogP contribution in [0.1, 0.15) is 194 Å². The molecule has 1 atom stereocenters. The van der Waals surface area contributed by atoms with Crippen LogP contribution in [0.15, 0.2) is 0 Å². The van der Waals surface area contributed by atoms with Crippen LogP contribution in [0.2, 0.25) is 0 Å². The van der Waals surface area contributed by atoms with E-state index in [2.05, 4.69) is 13.8 Å². The Bertz CT molecular complexity index is 631. The molecule has 0 fully saturated rings. The lowest BCUT2D eigenvalue weighted by Crippen LogP contribution is -2.26. The minimum atomic E-state index is -4.51. The predicted molar refractivity (Wildman–Crippen MR) is 199 cm³/mol. The third-order valence-corrected chi connectivity index (χ3v) is 9.13. The number of ether oxygens (including phenoxy) is 2. The van der Waals surface area contributed by atoms with Crippen LogP contribution in [0.5, 0.6) is 0 Å². The van der Waals surface area contributed by atoms with Crippen molar-refractivity contribution in [2.24, 2.45) is 0 Å². The van der Waals surface area contributed by atoms with E-state index in [9.17, 15) is 4.57 Å². The molecule has 0 heterocycles. The first-order chi connectivity index (χ1) is 23.3. The standard InChI is InChI=1S/C35H73O6P.C3H8O3/c1-3-5-7-9-11-13-15-17-19-21-23-25-27-29-31-39-33-35(34-41-42(36,37)38)40-32-30-28-26-24-22-20-18-16-14-12-10-8-6-4-2;4-1-3(6)2-5/h35H,3-34H2,1-2H3,(H2,36,37,38);3-6H,1-2H2. The van der Waals surface area contributed by atoms with Crippen molar-refractivity contribution in [3.05, 3.63) is 0 Å². The lowest BCUT2D eigenvalue weighted by Gasteiger charge is -2.18. The first kappa shape index (κ1) is 50.0. The van der Waals surface area contributed by atoms with Crippen molar-refractivity contribution >= 4 is 7.82 Å². The number of phosphoric acid groups is 1. The van der Waals surface area contributed by atoms with E-state index in [0.29, 0.717) is 19.8 Å². The molecule has 5 N–H and O–H groups in total. The molecule has 0 aromatic heterocycles. The molecule has 48 heavy (non-hydrogen) atoms. The Labute approximate surface area is 296 Å². The molecule has 1 unspecified atom stereocenters. The molecule has 0 aromatic rings. The zero-order chi connectivity index (χ0) is 35.8. The van der Waals surface area contributed by atoms with E-state index in [4.69, 9.17) is 39.1 Å². The Morgan fingerprint density at radius 3 is 1.08 bits per heavy atom. The smallest absolute Gasteiger partial charge is 0.394 e. The fraction of sp³-hybridized carbons (Fsp3) is 1.00. The molecule has 292 valence electrons. The molecule has 0 radical (unpaired) electrons. The van der Waals surface area contributed by atoms with Crippen LogP contribution in [-0.2, 0) is 18.6 Å². The average molecular weight is 713 g/mol. The highest BCUT2D eigenvalue weighted by atomic mass is 31.2. The van der Waals surface area contributed by atoms with Gasteiger partial charge in [0.1, 0.15) is 12.2 Å². The van der Waals surface area contributed by atoms with Gasteiger partial charge >= 0.3 is 7.82 Å². The SMILES string of the molecule is CCCCCCCCCCCCCCCCOCC(COP(=O)(O)O)OCCCCCCCCCCCCCCCC.OCC(O)CO. The molecule has 0 aromatic carbocycles. The zero-order valence-electron chi connectivity index (χ0n) is 31.5. The van der Waals surface area contributed by atoms with Gasteiger partial charge in [-0.3, -0.25) is 4.52 Å². The van der Waals surface area contributed by atoms with Gasteiger partial charge in [0, 0.05) is 13.2 Å². The van der Waals surface area contributed by atoms with Crippen LogP contribution in [0, 0.1) is 0 Å². The van der Waals surface area contributed by atoms with Crippen LogP contribution in [-0.4, -0.2) is 77.0 Å². The predicted octanol–water partition coefficient (Wildman–Crippen LogP) is 9.79. The largest absolute Gasteiger partial charge is 0.469 e. The van der Waals surface area contributed by atoms with Gasteiger partial charge in [0.25, 0.3) is 0 Å². The second-order valence-electron chi connectivity index (χ2n) is 13.6. The Hall–Kier alpha value is -0.0900. The minimum absolute atomic E-state index is 0.137. The summed E-state index contributed by atoms with van der Waals surface area (Å²) in [6.07, 6.45) is 35.6. The molecule has 0 saturated carbocycles. The van der Waals surface area contributed by atoms with E-state index in [1.807, 2.05) is 0 Å². The summed E-state index contributed by atoms with van der Waals surface area (Å²) in [6, 6.07) is 0. The highest BCUT2D eigenvalue weighted by Crippen LogP contribution is 2.35. The number of hydrogen-bond donors (Lipinski definition) is 5. The Morgan fingerprint density at radius 2 is 0.792 bits per heavy atom. The van der Waals surface area contributed by atoms with Crippen molar-refractivity contribution in [1.82, 2.24) is 0 Å². The van der Waals surface area contributed by atoms with Gasteiger partial charge in [0.2, 0.25) is 0 Å². The lowest BCUT2D eigenvalue weighted by atomic mass is 10.0. The number of aliphatic hydroxyl groups excluding tert-OH is 3. The number of unbranched alkanes of at least 4 members (excludes halogenated alkanes) is 26. The van der Waals surface area contributed by atoms with Crippen LogP contribution < -0.4 is 0 Å². The topological polar surface area (TPSA) is 146 Å². The summed E-state index contributed by atoms with van der Waals surface area (Å²) in [5, 5.41) is 24.0. The normalized spacial score (nSPS) is 12.4. The molecule has 0 aliphatic rings. The van der Waals surface area contributed by atoms with Crippen LogP contribution in [0.4, 0.5) is 0 Å². The molecule has 0 aliphatic heterocycles. The zero-order valence-corrected chi connectivity index (χ0v) is 32.4. The second-order valence-corrected chi connectivity index (χ2v) is 14.8. The highest BCUT2D eigenvalue weighted by Gasteiger charge is 2.19. The maximum Gasteiger partial charge on any atom is 0.469 e. The average Bonchev–Trinajstić information content (AvgIpc) is 3.07. The molecule has 10 heteroatoms. The number of hydrogen-bond acceptors (Lipinski definition) is 7. The molecule has 0 spiro atoms. The summed E-state index contributed by atoms with van der Waals surface area (Å²) in [6.45, 7) is 5.23. The van der Waals surface area contributed by atoms with Crippen molar-refractivity contribution < 1.29 is 43.7 Å². The fourth-order valence-electron chi connectivity index (χ4n) is 5.54. The van der Waals surface area contributed by atoms with E-state index >= 15 is 0 Å². The van der Waals surface area contributed by atoms with Crippen LogP contribution in [0.3, 0.4) is 0 Å². The minimum Gasteiger partial charge on any atom is -0.394 e. The third-order valence-electron chi connectivity index (χ3n) is 8.65. The van der Waals surface area contributed by atoms with Crippen molar-refractivity contribution in [2.75, 3.05) is 39.6 Å². The Kier molecular flexibility index (Phi) is 43.1. The fourth-order valence-corrected chi connectivity index (χ4v) is 5.90. The van der Waals surface area contributed by atoms with Gasteiger partial charge in [-0.15, -0.1) is 0 Å². The monoisotopic (exact) mass is 713 g/mol. The Morgan fingerprint density at radius 1 is 0.479 bits per heavy atom. The van der Waals surface area contributed by atoms with E-state index < -0.39 is 20.0 Å². The highest BCUT2D eigenvalue weighted by molar-refractivity contribution is 7.46. The maximum atomic E-state index is 11.1. The maximum absolute atomic E-state index is 11.1. The van der Waals surface area contributed by atoms with E-state index in [0.717, 1.165) is 19.3 Å². The van der Waals surface area contributed by atoms with Gasteiger partial charge in [0.15, 0.2) is 0 Å². The van der Waals surface area contributed by atoms with Gasteiger partial charge < -0.3 is 34.6 Å². The van der Waals surface area contributed by atoms with Crippen molar-refractivity contribution in [3.8, 4) is 0 Å². The molecular weight excluding hydrogens is 631 g/mol. The summed E-state index contributed by atoms with van der Waals surface area (Å²) in [5.41, 5.74) is 0. The summed E-state index contributed by atoms with van der Waals surface area (Å²) in [7, 11) is -4.51. The third kappa shape index (κ3) is 45.9. The molecular formula is C38H81O9P. The van der Waals surface area contributed by atoms with Gasteiger partial charge in [-0.25, -0.2) is 4.57 Å². The van der Waals surface area contributed by atoms with E-state index in [1.165, 1.54) is 161 Å². The lowest BCUT2D eigenvalue weighted by molar-refractivity contribution is -0.0429. The molecule has 0 amide bonds. The van der Waals surface area contributed by atoms with Crippen molar-refractivity contribution in [3.63, 3.8) is 0 Å². The van der Waals surface area contributed by atoms with E-state index in [-0.39, 0.29) is 19.8 Å². The molecule has 0 saturated heterocycles. The molecule has 0 aliphatic carbocycles. The quantitative estimate of drug-likeness (QED) is 0.0312. The Balaban J connectivity index is 0. The van der Waals surface area contributed by atoms with Crippen molar-refractivity contribution in [2.45, 2.75) is 206 Å². The van der Waals surface area contributed by atoms with E-state index in [1.54, 1.807) is 0 Å². The van der Waals surface area contributed by atoms with Gasteiger partial charge in [-0.1, -0.05) is 181 Å². The summed E-state index contributed by atoms with van der Waals surface area (Å²) >= 11 is 0. The molecule has 0 bridgehead atoms.